The molecule has 0 unspecified atom stereocenters. The highest BCUT2D eigenvalue weighted by Gasteiger charge is 2.22. The van der Waals surface area contributed by atoms with Crippen molar-refractivity contribution in [3.8, 4) is 11.3 Å². The standard InChI is InChI=1S/C14H15Cl2F2N5O/c1-14(2,6-24-12(17)18)21-13-20-11(19)10(22-23-13)7-4-3-5-8(15)9(7)16/h3-5,12H,6H2,1-2H3,(H3,19,20,21,23). The van der Waals surface area contributed by atoms with Gasteiger partial charge in [-0.1, -0.05) is 35.3 Å². The Morgan fingerprint density at radius 3 is 2.62 bits per heavy atom. The molecule has 0 saturated carbocycles. The lowest BCUT2D eigenvalue weighted by Gasteiger charge is -2.25. The summed E-state index contributed by atoms with van der Waals surface area (Å²) in [7, 11) is 0. The van der Waals surface area contributed by atoms with Gasteiger partial charge in [0.1, 0.15) is 5.69 Å². The molecule has 24 heavy (non-hydrogen) atoms. The molecule has 0 atom stereocenters. The number of hydrogen-bond donors (Lipinski definition) is 2. The first kappa shape index (κ1) is 18.6. The van der Waals surface area contributed by atoms with Crippen LogP contribution in [0.25, 0.3) is 11.3 Å². The van der Waals surface area contributed by atoms with Gasteiger partial charge < -0.3 is 15.8 Å². The first-order valence-electron chi connectivity index (χ1n) is 6.82. The molecule has 0 fully saturated rings. The minimum Gasteiger partial charge on any atom is -0.382 e. The summed E-state index contributed by atoms with van der Waals surface area (Å²) in [5.74, 6) is 0.152. The van der Waals surface area contributed by atoms with Crippen LogP contribution in [0.4, 0.5) is 20.5 Å². The fourth-order valence-electron chi connectivity index (χ4n) is 1.88. The van der Waals surface area contributed by atoms with E-state index in [4.69, 9.17) is 28.9 Å². The lowest BCUT2D eigenvalue weighted by atomic mass is 10.1. The van der Waals surface area contributed by atoms with E-state index in [1.807, 2.05) is 0 Å². The Morgan fingerprint density at radius 2 is 2.00 bits per heavy atom. The number of nitrogens with zero attached hydrogens (tertiary/aromatic N) is 3. The molecular formula is C14H15Cl2F2N5O. The maximum atomic E-state index is 12.1. The second kappa shape index (κ2) is 7.42. The van der Waals surface area contributed by atoms with Crippen LogP contribution in [0.1, 0.15) is 13.8 Å². The van der Waals surface area contributed by atoms with Gasteiger partial charge in [0.25, 0.3) is 0 Å². The molecule has 0 aliphatic carbocycles. The van der Waals surface area contributed by atoms with Gasteiger partial charge in [0.05, 0.1) is 22.2 Å². The molecular weight excluding hydrogens is 363 g/mol. The van der Waals surface area contributed by atoms with Crippen molar-refractivity contribution < 1.29 is 13.5 Å². The van der Waals surface area contributed by atoms with Gasteiger partial charge in [-0.05, 0) is 19.9 Å². The summed E-state index contributed by atoms with van der Waals surface area (Å²) in [5, 5.41) is 11.4. The molecule has 10 heteroatoms. The zero-order chi connectivity index (χ0) is 17.9. The number of nitrogens with two attached hydrogens (primary N) is 1. The number of halogens is 4. The molecule has 0 aliphatic rings. The smallest absolute Gasteiger partial charge is 0.345 e. The van der Waals surface area contributed by atoms with E-state index in [2.05, 4.69) is 25.2 Å². The van der Waals surface area contributed by atoms with Crippen LogP contribution >= 0.6 is 23.2 Å². The van der Waals surface area contributed by atoms with E-state index in [-0.39, 0.29) is 29.1 Å². The second-order valence-electron chi connectivity index (χ2n) is 5.55. The molecule has 0 spiro atoms. The van der Waals surface area contributed by atoms with Crippen molar-refractivity contribution in [3.05, 3.63) is 28.2 Å². The maximum Gasteiger partial charge on any atom is 0.345 e. The number of benzene rings is 1. The van der Waals surface area contributed by atoms with Crippen LogP contribution in [0.15, 0.2) is 18.2 Å². The molecule has 0 amide bonds. The van der Waals surface area contributed by atoms with Crippen LogP contribution < -0.4 is 11.1 Å². The maximum absolute atomic E-state index is 12.1. The molecule has 2 rings (SSSR count). The average molecular weight is 378 g/mol. The topological polar surface area (TPSA) is 86.0 Å². The quantitative estimate of drug-likeness (QED) is 0.794. The van der Waals surface area contributed by atoms with Crippen LogP contribution in [0, 0.1) is 0 Å². The highest BCUT2D eigenvalue weighted by atomic mass is 35.5. The molecule has 0 radical (unpaired) electrons. The minimum atomic E-state index is -2.86. The predicted octanol–water partition coefficient (Wildman–Crippen LogP) is 3.86. The number of nitrogens with one attached hydrogen (secondary N) is 1. The summed E-state index contributed by atoms with van der Waals surface area (Å²) in [4.78, 5) is 4.08. The highest BCUT2D eigenvalue weighted by Crippen LogP contribution is 2.34. The Morgan fingerprint density at radius 1 is 1.29 bits per heavy atom. The first-order valence-corrected chi connectivity index (χ1v) is 7.58. The van der Waals surface area contributed by atoms with Crippen molar-refractivity contribution in [1.82, 2.24) is 15.2 Å². The van der Waals surface area contributed by atoms with E-state index in [0.717, 1.165) is 0 Å². The molecule has 1 aromatic carbocycles. The van der Waals surface area contributed by atoms with Gasteiger partial charge >= 0.3 is 6.61 Å². The Bertz CT molecular complexity index is 730. The van der Waals surface area contributed by atoms with Crippen molar-refractivity contribution in [3.63, 3.8) is 0 Å². The van der Waals surface area contributed by atoms with Gasteiger partial charge in [0, 0.05) is 5.56 Å². The number of aromatic nitrogens is 3. The van der Waals surface area contributed by atoms with Crippen LogP contribution in [0.2, 0.25) is 10.0 Å². The summed E-state index contributed by atoms with van der Waals surface area (Å²) < 4.78 is 28.6. The van der Waals surface area contributed by atoms with Gasteiger partial charge in [0.2, 0.25) is 5.95 Å². The van der Waals surface area contributed by atoms with Crippen LogP contribution in [-0.2, 0) is 4.74 Å². The number of anilines is 2. The summed E-state index contributed by atoms with van der Waals surface area (Å²) in [6.45, 7) is 0.186. The van der Waals surface area contributed by atoms with Gasteiger partial charge in [-0.2, -0.15) is 13.8 Å². The Balaban J connectivity index is 2.22. The second-order valence-corrected chi connectivity index (χ2v) is 6.34. The average Bonchev–Trinajstić information content (AvgIpc) is 2.49. The molecule has 1 heterocycles. The van der Waals surface area contributed by atoms with E-state index in [1.165, 1.54) is 0 Å². The first-order chi connectivity index (χ1) is 11.2. The van der Waals surface area contributed by atoms with Crippen molar-refractivity contribution in [2.45, 2.75) is 26.0 Å². The third kappa shape index (κ3) is 4.62. The van der Waals surface area contributed by atoms with Gasteiger partial charge in [-0.25, -0.2) is 0 Å². The normalized spacial score (nSPS) is 11.8. The summed E-state index contributed by atoms with van der Waals surface area (Å²) in [5.41, 5.74) is 5.83. The number of rotatable bonds is 6. The Kier molecular flexibility index (Phi) is 5.74. The summed E-state index contributed by atoms with van der Waals surface area (Å²) in [6, 6.07) is 5.01. The molecule has 3 N–H and O–H groups in total. The third-order valence-corrected chi connectivity index (χ3v) is 3.76. The fourth-order valence-corrected chi connectivity index (χ4v) is 2.27. The number of alkyl halides is 2. The van der Waals surface area contributed by atoms with Crippen molar-refractivity contribution in [2.75, 3.05) is 17.7 Å². The van der Waals surface area contributed by atoms with Crippen LogP contribution in [-0.4, -0.2) is 33.9 Å². The van der Waals surface area contributed by atoms with Crippen LogP contribution in [0.5, 0.6) is 0 Å². The zero-order valence-corrected chi connectivity index (χ0v) is 14.4. The zero-order valence-electron chi connectivity index (χ0n) is 12.9. The third-order valence-electron chi connectivity index (χ3n) is 2.94. The predicted molar refractivity (Wildman–Crippen MR) is 89.4 cm³/mol. The minimum absolute atomic E-state index is 0.0715. The molecule has 2 aromatic rings. The number of hydrogen-bond acceptors (Lipinski definition) is 6. The highest BCUT2D eigenvalue weighted by molar-refractivity contribution is 6.43. The molecule has 6 nitrogen and oxygen atoms in total. The molecule has 0 aliphatic heterocycles. The lowest BCUT2D eigenvalue weighted by molar-refractivity contribution is -0.136. The van der Waals surface area contributed by atoms with E-state index in [0.29, 0.717) is 10.6 Å². The molecule has 130 valence electrons. The number of nitrogen functional groups attached to an aromatic ring is 1. The molecule has 1 aromatic heterocycles. The van der Waals surface area contributed by atoms with Gasteiger partial charge in [-0.3, -0.25) is 0 Å². The SMILES string of the molecule is CC(C)(COC(F)F)Nc1nnc(-c2cccc(Cl)c2Cl)c(N)n1. The van der Waals surface area contributed by atoms with E-state index in [9.17, 15) is 8.78 Å². The fraction of sp³-hybridized carbons (Fsp3) is 0.357. The number of ether oxygens (including phenoxy) is 1. The summed E-state index contributed by atoms with van der Waals surface area (Å²) in [6.07, 6.45) is 0. The van der Waals surface area contributed by atoms with E-state index < -0.39 is 12.2 Å². The largest absolute Gasteiger partial charge is 0.382 e. The van der Waals surface area contributed by atoms with Crippen LogP contribution in [0.3, 0.4) is 0 Å². The van der Waals surface area contributed by atoms with Crippen molar-refractivity contribution in [2.24, 2.45) is 0 Å². The van der Waals surface area contributed by atoms with Gasteiger partial charge in [0.15, 0.2) is 5.82 Å². The summed E-state index contributed by atoms with van der Waals surface area (Å²) >= 11 is 12.1. The Labute approximate surface area is 147 Å². The molecule has 0 saturated heterocycles. The van der Waals surface area contributed by atoms with Crippen molar-refractivity contribution in [1.29, 1.82) is 0 Å². The van der Waals surface area contributed by atoms with Crippen molar-refractivity contribution >= 4 is 35.0 Å². The lowest BCUT2D eigenvalue weighted by Crippen LogP contribution is -2.38. The Hall–Kier alpha value is -1.77. The molecule has 0 bridgehead atoms. The van der Waals surface area contributed by atoms with Gasteiger partial charge in [-0.15, -0.1) is 10.2 Å². The monoisotopic (exact) mass is 377 g/mol. The van der Waals surface area contributed by atoms with E-state index in [1.54, 1.807) is 32.0 Å². The van der Waals surface area contributed by atoms with E-state index >= 15 is 0 Å².